The highest BCUT2D eigenvalue weighted by Gasteiger charge is 2.40. The maximum atomic E-state index is 2.66. The third kappa shape index (κ3) is 6.34. The summed E-state index contributed by atoms with van der Waals surface area (Å²) in [6.45, 7) is 9.63. The summed E-state index contributed by atoms with van der Waals surface area (Å²) in [7, 11) is 0. The summed E-state index contributed by atoms with van der Waals surface area (Å²) in [6.07, 6.45) is 0. The molecule has 0 saturated carbocycles. The van der Waals surface area contributed by atoms with Crippen LogP contribution in [0, 0.1) is 0 Å². The summed E-state index contributed by atoms with van der Waals surface area (Å²) < 4.78 is 2.56. The first kappa shape index (κ1) is 44.3. The van der Waals surface area contributed by atoms with Crippen LogP contribution in [0.4, 0.5) is 17.1 Å². The van der Waals surface area contributed by atoms with Gasteiger partial charge in [-0.2, -0.15) is 0 Å². The lowest BCUT2D eigenvalue weighted by Gasteiger charge is -2.35. The van der Waals surface area contributed by atoms with Gasteiger partial charge < -0.3 is 9.47 Å². The SMILES string of the molecule is CC1(C)c2ccccc2-c2ccc(-c3c(N(c4ccccc4)c4c5ccccc5cc5ccccc45)c(-c4ccc5c(c4)C(C)(C)c4ccccc4-5)c4c5ccccc5n(-c5ccccc5)c4c3-c3ccccc3)cc21. The Morgan fingerprint density at radius 2 is 0.789 bits per heavy atom. The fourth-order valence-electron chi connectivity index (χ4n) is 13.6. The molecule has 0 spiro atoms. The number of hydrogen-bond donors (Lipinski definition) is 0. The molecule has 2 aliphatic carbocycles. The van der Waals surface area contributed by atoms with Gasteiger partial charge in [0.15, 0.2) is 0 Å². The average Bonchev–Trinajstić information content (AvgIpc) is 4.22. The first-order valence-corrected chi connectivity index (χ1v) is 26.8. The minimum absolute atomic E-state index is 0.239. The molecule has 76 heavy (non-hydrogen) atoms. The Morgan fingerprint density at radius 1 is 0.329 bits per heavy atom. The smallest absolute Gasteiger partial charge is 0.0633 e. The maximum absolute atomic E-state index is 2.66. The third-order valence-corrected chi connectivity index (χ3v) is 17.1. The highest BCUT2D eigenvalue weighted by Crippen LogP contribution is 2.61. The predicted octanol–water partition coefficient (Wildman–Crippen LogP) is 20.2. The van der Waals surface area contributed by atoms with E-state index in [1.165, 1.54) is 110 Å². The molecule has 1 aromatic heterocycles. The normalized spacial score (nSPS) is 13.7. The summed E-state index contributed by atoms with van der Waals surface area (Å²) in [4.78, 5) is 2.66. The van der Waals surface area contributed by atoms with E-state index in [4.69, 9.17) is 0 Å². The van der Waals surface area contributed by atoms with Crippen LogP contribution in [0.5, 0.6) is 0 Å². The predicted molar refractivity (Wildman–Crippen MR) is 322 cm³/mol. The van der Waals surface area contributed by atoms with E-state index < -0.39 is 0 Å². The molecule has 1 heterocycles. The van der Waals surface area contributed by atoms with Crippen LogP contribution in [0.2, 0.25) is 0 Å². The molecule has 2 aliphatic rings. The Hall–Kier alpha value is -9.24. The molecule has 2 nitrogen and oxygen atoms in total. The summed E-state index contributed by atoms with van der Waals surface area (Å²) in [5, 5.41) is 7.17. The second-order valence-electron chi connectivity index (χ2n) is 22.0. The molecule has 0 aliphatic heterocycles. The second-order valence-corrected chi connectivity index (χ2v) is 22.0. The van der Waals surface area contributed by atoms with Crippen molar-refractivity contribution in [3.63, 3.8) is 0 Å². The van der Waals surface area contributed by atoms with E-state index >= 15 is 0 Å². The molecule has 0 amide bonds. The molecule has 12 aromatic carbocycles. The Balaban J connectivity index is 1.23. The zero-order valence-electron chi connectivity index (χ0n) is 43.1. The van der Waals surface area contributed by atoms with Crippen LogP contribution in [-0.2, 0) is 10.8 Å². The largest absolute Gasteiger partial charge is 0.309 e. The van der Waals surface area contributed by atoms with Gasteiger partial charge in [-0.3, -0.25) is 0 Å². The number of hydrogen-bond acceptors (Lipinski definition) is 1. The molecule has 15 rings (SSSR count). The monoisotopic (exact) mass is 970 g/mol. The van der Waals surface area contributed by atoms with Gasteiger partial charge in [0.1, 0.15) is 0 Å². The number of anilines is 3. The van der Waals surface area contributed by atoms with Crippen molar-refractivity contribution >= 4 is 60.4 Å². The maximum Gasteiger partial charge on any atom is 0.0633 e. The Morgan fingerprint density at radius 3 is 1.38 bits per heavy atom. The lowest BCUT2D eigenvalue weighted by molar-refractivity contribution is 0.660. The van der Waals surface area contributed by atoms with Crippen molar-refractivity contribution in [1.82, 2.24) is 4.57 Å². The van der Waals surface area contributed by atoms with Crippen LogP contribution in [0.15, 0.2) is 255 Å². The molecule has 2 heteroatoms. The Bertz CT molecular complexity index is 4450. The molecule has 0 bridgehead atoms. The van der Waals surface area contributed by atoms with Crippen molar-refractivity contribution in [3.05, 3.63) is 277 Å². The van der Waals surface area contributed by atoms with E-state index in [-0.39, 0.29) is 10.8 Å². The first-order chi connectivity index (χ1) is 37.3. The number of aromatic nitrogens is 1. The van der Waals surface area contributed by atoms with Gasteiger partial charge in [-0.25, -0.2) is 0 Å². The zero-order valence-corrected chi connectivity index (χ0v) is 43.1. The summed E-state index contributed by atoms with van der Waals surface area (Å²) >= 11 is 0. The fourth-order valence-corrected chi connectivity index (χ4v) is 13.6. The molecule has 360 valence electrons. The molecule has 0 saturated heterocycles. The molecular weight excluding hydrogens is 917 g/mol. The van der Waals surface area contributed by atoms with Crippen molar-refractivity contribution in [2.75, 3.05) is 4.90 Å². The van der Waals surface area contributed by atoms with E-state index in [2.05, 4.69) is 292 Å². The van der Waals surface area contributed by atoms with Crippen molar-refractivity contribution in [3.8, 4) is 61.3 Å². The number of fused-ring (bicyclic) bond motifs is 11. The average molecular weight is 971 g/mol. The van der Waals surface area contributed by atoms with Crippen molar-refractivity contribution < 1.29 is 0 Å². The fraction of sp³-hybridized carbons (Fsp3) is 0.0811. The second kappa shape index (κ2) is 16.6. The quantitative estimate of drug-likeness (QED) is 0.145. The van der Waals surface area contributed by atoms with Gasteiger partial charge in [-0.1, -0.05) is 234 Å². The Kier molecular flexibility index (Phi) is 9.69. The van der Waals surface area contributed by atoms with Crippen molar-refractivity contribution in [1.29, 1.82) is 0 Å². The summed E-state index contributed by atoms with van der Waals surface area (Å²) in [5.41, 5.74) is 24.0. The number of nitrogens with zero attached hydrogens (tertiary/aromatic N) is 2. The van der Waals surface area contributed by atoms with E-state index in [0.29, 0.717) is 0 Å². The van der Waals surface area contributed by atoms with E-state index in [1.807, 2.05) is 0 Å². The van der Waals surface area contributed by atoms with Crippen LogP contribution >= 0.6 is 0 Å². The first-order valence-electron chi connectivity index (χ1n) is 26.8. The van der Waals surface area contributed by atoms with Crippen LogP contribution in [-0.4, -0.2) is 4.57 Å². The number of benzene rings is 12. The van der Waals surface area contributed by atoms with Gasteiger partial charge in [0.2, 0.25) is 0 Å². The van der Waals surface area contributed by atoms with Crippen LogP contribution in [0.3, 0.4) is 0 Å². The molecule has 0 N–H and O–H groups in total. The van der Waals surface area contributed by atoms with E-state index in [9.17, 15) is 0 Å². The van der Waals surface area contributed by atoms with Gasteiger partial charge in [0.05, 0.1) is 22.4 Å². The molecule has 0 fully saturated rings. The van der Waals surface area contributed by atoms with Crippen molar-refractivity contribution in [2.24, 2.45) is 0 Å². The van der Waals surface area contributed by atoms with Gasteiger partial charge in [0.25, 0.3) is 0 Å². The van der Waals surface area contributed by atoms with Crippen LogP contribution < -0.4 is 4.90 Å². The molecule has 0 atom stereocenters. The molecule has 0 radical (unpaired) electrons. The summed E-state index contributed by atoms with van der Waals surface area (Å²) in [5.74, 6) is 0. The standard InChI is InChI=1S/C74H54N2/c1-73(2)61-37-21-18-34-56(61)58-42-40-50(45-63(58)73)67-66(47-24-8-5-9-25-47)72-69(60-36-20-23-39-65(60)75(72)52-28-10-6-11-29-52)68(51-41-43-59-57-35-19-22-38-62(57)74(3,4)64(59)46-51)71(67)76(53-30-12-7-13-31-53)70-54-32-16-14-26-48(54)44-49-27-15-17-33-55(49)70/h5-46H,1-4H3. The highest BCUT2D eigenvalue weighted by molar-refractivity contribution is 6.28. The Labute approximate surface area is 444 Å². The molecule has 0 unspecified atom stereocenters. The molecular formula is C74H54N2. The molecule has 13 aromatic rings. The van der Waals surface area contributed by atoms with Crippen LogP contribution in [0.1, 0.15) is 49.9 Å². The lowest BCUT2D eigenvalue weighted by atomic mass is 9.79. The van der Waals surface area contributed by atoms with Crippen LogP contribution in [0.25, 0.3) is 105 Å². The minimum atomic E-state index is -0.244. The summed E-state index contributed by atoms with van der Waals surface area (Å²) in [6, 6.07) is 95.8. The number of rotatable bonds is 7. The minimum Gasteiger partial charge on any atom is -0.309 e. The lowest BCUT2D eigenvalue weighted by Crippen LogP contribution is -2.17. The van der Waals surface area contributed by atoms with Crippen molar-refractivity contribution in [2.45, 2.75) is 38.5 Å². The van der Waals surface area contributed by atoms with E-state index in [1.54, 1.807) is 0 Å². The third-order valence-electron chi connectivity index (χ3n) is 17.1. The van der Waals surface area contributed by atoms with Gasteiger partial charge in [0, 0.05) is 60.4 Å². The zero-order chi connectivity index (χ0) is 50.9. The number of para-hydroxylation sites is 3. The van der Waals surface area contributed by atoms with Gasteiger partial charge in [-0.05, 0) is 121 Å². The highest BCUT2D eigenvalue weighted by atomic mass is 15.2. The van der Waals surface area contributed by atoms with Gasteiger partial charge in [-0.15, -0.1) is 0 Å². The van der Waals surface area contributed by atoms with Gasteiger partial charge >= 0.3 is 0 Å². The van der Waals surface area contributed by atoms with E-state index in [0.717, 1.165) is 33.8 Å². The topological polar surface area (TPSA) is 8.17 Å².